The summed E-state index contributed by atoms with van der Waals surface area (Å²) in [7, 11) is 0. The van der Waals surface area contributed by atoms with Gasteiger partial charge in [-0.15, -0.1) is 0 Å². The van der Waals surface area contributed by atoms with Gasteiger partial charge < -0.3 is 10.4 Å². The SMILES string of the molecule is Cc1ccc(O)c(C(=O)Nc2cccc3c2CCCC3)c1. The summed E-state index contributed by atoms with van der Waals surface area (Å²) in [4.78, 5) is 12.4. The van der Waals surface area contributed by atoms with Gasteiger partial charge in [0, 0.05) is 5.69 Å². The highest BCUT2D eigenvalue weighted by atomic mass is 16.3. The van der Waals surface area contributed by atoms with Gasteiger partial charge in [-0.3, -0.25) is 4.79 Å². The molecule has 2 N–H and O–H groups in total. The predicted octanol–water partition coefficient (Wildman–Crippen LogP) is 3.83. The third kappa shape index (κ3) is 2.77. The molecule has 2 aromatic rings. The maximum absolute atomic E-state index is 12.4. The third-order valence-corrected chi connectivity index (χ3v) is 4.04. The van der Waals surface area contributed by atoms with E-state index in [1.807, 2.05) is 19.1 Å². The lowest BCUT2D eigenvalue weighted by atomic mass is 9.90. The van der Waals surface area contributed by atoms with Crippen LogP contribution in [0, 0.1) is 6.92 Å². The molecule has 0 spiro atoms. The average Bonchev–Trinajstić information content (AvgIpc) is 2.50. The lowest BCUT2D eigenvalue weighted by Crippen LogP contribution is -2.15. The Morgan fingerprint density at radius 3 is 2.81 bits per heavy atom. The molecule has 3 heteroatoms. The van der Waals surface area contributed by atoms with Crippen molar-refractivity contribution in [2.75, 3.05) is 5.32 Å². The van der Waals surface area contributed by atoms with Crippen molar-refractivity contribution in [2.24, 2.45) is 0 Å². The summed E-state index contributed by atoms with van der Waals surface area (Å²) in [6, 6.07) is 11.1. The van der Waals surface area contributed by atoms with E-state index < -0.39 is 0 Å². The Bertz CT molecular complexity index is 692. The van der Waals surface area contributed by atoms with Gasteiger partial charge >= 0.3 is 0 Å². The molecule has 3 rings (SSSR count). The van der Waals surface area contributed by atoms with Gasteiger partial charge in [-0.05, 0) is 61.9 Å². The van der Waals surface area contributed by atoms with Crippen LogP contribution in [-0.4, -0.2) is 11.0 Å². The van der Waals surface area contributed by atoms with Crippen LogP contribution in [0.5, 0.6) is 5.75 Å². The number of carbonyl (C=O) groups is 1. The van der Waals surface area contributed by atoms with Crippen molar-refractivity contribution >= 4 is 11.6 Å². The van der Waals surface area contributed by atoms with Crippen LogP contribution < -0.4 is 5.32 Å². The van der Waals surface area contributed by atoms with Crippen molar-refractivity contribution in [3.63, 3.8) is 0 Å². The summed E-state index contributed by atoms with van der Waals surface area (Å²) in [6.45, 7) is 1.90. The summed E-state index contributed by atoms with van der Waals surface area (Å²) < 4.78 is 0. The predicted molar refractivity (Wildman–Crippen MR) is 83.9 cm³/mol. The van der Waals surface area contributed by atoms with Crippen LogP contribution in [0.1, 0.15) is 39.9 Å². The minimum absolute atomic E-state index is 0.0166. The fraction of sp³-hybridized carbons (Fsp3) is 0.278. The zero-order chi connectivity index (χ0) is 14.8. The standard InChI is InChI=1S/C18H19NO2/c1-12-9-10-17(20)15(11-12)18(21)19-16-8-4-6-13-5-2-3-7-14(13)16/h4,6,8-11,20H,2-3,5,7H2,1H3,(H,19,21). The van der Waals surface area contributed by atoms with Gasteiger partial charge in [0.15, 0.2) is 0 Å². The van der Waals surface area contributed by atoms with E-state index >= 15 is 0 Å². The summed E-state index contributed by atoms with van der Waals surface area (Å²) in [5.41, 5.74) is 4.71. The molecule has 0 aliphatic heterocycles. The number of amides is 1. The van der Waals surface area contributed by atoms with Crippen molar-refractivity contribution in [3.05, 3.63) is 58.7 Å². The van der Waals surface area contributed by atoms with Crippen LogP contribution in [-0.2, 0) is 12.8 Å². The molecule has 2 aromatic carbocycles. The highest BCUT2D eigenvalue weighted by molar-refractivity contribution is 6.06. The molecule has 0 aromatic heterocycles. The minimum Gasteiger partial charge on any atom is -0.507 e. The van der Waals surface area contributed by atoms with Gasteiger partial charge in [0.05, 0.1) is 5.56 Å². The van der Waals surface area contributed by atoms with Crippen molar-refractivity contribution < 1.29 is 9.90 Å². The first kappa shape index (κ1) is 13.7. The highest BCUT2D eigenvalue weighted by Crippen LogP contribution is 2.29. The van der Waals surface area contributed by atoms with Gasteiger partial charge in [-0.25, -0.2) is 0 Å². The summed E-state index contributed by atoms with van der Waals surface area (Å²) in [5.74, 6) is -0.238. The van der Waals surface area contributed by atoms with E-state index in [4.69, 9.17) is 0 Å². The number of phenols is 1. The third-order valence-electron chi connectivity index (χ3n) is 4.04. The molecule has 0 unspecified atom stereocenters. The van der Waals surface area contributed by atoms with Crippen LogP contribution in [0.25, 0.3) is 0 Å². The maximum atomic E-state index is 12.4. The molecule has 108 valence electrons. The Hall–Kier alpha value is -2.29. The Kier molecular flexibility index (Phi) is 3.65. The molecule has 0 bridgehead atoms. The van der Waals surface area contributed by atoms with Crippen LogP contribution in [0.4, 0.5) is 5.69 Å². The first-order valence-electron chi connectivity index (χ1n) is 7.37. The molecule has 0 atom stereocenters. The van der Waals surface area contributed by atoms with E-state index in [0.29, 0.717) is 5.56 Å². The highest BCUT2D eigenvalue weighted by Gasteiger charge is 2.16. The molecule has 0 radical (unpaired) electrons. The topological polar surface area (TPSA) is 49.3 Å². The van der Waals surface area contributed by atoms with Gasteiger partial charge in [0.1, 0.15) is 5.75 Å². The van der Waals surface area contributed by atoms with Crippen molar-refractivity contribution in [1.82, 2.24) is 0 Å². The van der Waals surface area contributed by atoms with Gasteiger partial charge in [-0.1, -0.05) is 23.8 Å². The minimum atomic E-state index is -0.254. The second kappa shape index (κ2) is 5.60. The number of phenolic OH excluding ortho intramolecular Hbond substituents is 1. The zero-order valence-corrected chi connectivity index (χ0v) is 12.1. The van der Waals surface area contributed by atoms with Crippen molar-refractivity contribution in [1.29, 1.82) is 0 Å². The molecule has 0 fully saturated rings. The molecule has 0 heterocycles. The molecule has 0 saturated carbocycles. The molecule has 1 amide bonds. The van der Waals surface area contributed by atoms with Crippen LogP contribution >= 0.6 is 0 Å². The number of hydrogen-bond donors (Lipinski definition) is 2. The quantitative estimate of drug-likeness (QED) is 0.879. The lowest BCUT2D eigenvalue weighted by Gasteiger charge is -2.19. The fourth-order valence-electron chi connectivity index (χ4n) is 2.92. The molecule has 3 nitrogen and oxygen atoms in total. The number of anilines is 1. The van der Waals surface area contributed by atoms with Gasteiger partial charge in [0.25, 0.3) is 5.91 Å². The van der Waals surface area contributed by atoms with Crippen LogP contribution in [0.3, 0.4) is 0 Å². The first-order valence-corrected chi connectivity index (χ1v) is 7.37. The summed E-state index contributed by atoms with van der Waals surface area (Å²) >= 11 is 0. The molecule has 0 saturated heterocycles. The average molecular weight is 281 g/mol. The van der Waals surface area contributed by atoms with E-state index in [1.165, 1.54) is 17.5 Å². The largest absolute Gasteiger partial charge is 0.507 e. The number of benzene rings is 2. The van der Waals surface area contributed by atoms with E-state index in [0.717, 1.165) is 30.5 Å². The number of aryl methyl sites for hydroxylation is 2. The Morgan fingerprint density at radius 2 is 1.95 bits per heavy atom. The fourth-order valence-corrected chi connectivity index (χ4v) is 2.92. The Labute approximate surface area is 124 Å². The Morgan fingerprint density at radius 1 is 1.14 bits per heavy atom. The van der Waals surface area contributed by atoms with Crippen LogP contribution in [0.2, 0.25) is 0 Å². The van der Waals surface area contributed by atoms with Crippen molar-refractivity contribution in [3.8, 4) is 5.75 Å². The number of hydrogen-bond acceptors (Lipinski definition) is 2. The lowest BCUT2D eigenvalue weighted by molar-refractivity contribution is 0.102. The smallest absolute Gasteiger partial charge is 0.259 e. The number of fused-ring (bicyclic) bond motifs is 1. The number of rotatable bonds is 2. The molecular formula is C18H19NO2. The van der Waals surface area contributed by atoms with E-state index in [2.05, 4.69) is 11.4 Å². The van der Waals surface area contributed by atoms with E-state index in [1.54, 1.807) is 18.2 Å². The second-order valence-corrected chi connectivity index (χ2v) is 5.63. The monoisotopic (exact) mass is 281 g/mol. The van der Waals surface area contributed by atoms with Crippen LogP contribution in [0.15, 0.2) is 36.4 Å². The molecule has 1 aliphatic carbocycles. The number of aromatic hydroxyl groups is 1. The number of nitrogens with one attached hydrogen (secondary N) is 1. The maximum Gasteiger partial charge on any atom is 0.259 e. The molecule has 21 heavy (non-hydrogen) atoms. The number of carbonyl (C=O) groups excluding carboxylic acids is 1. The van der Waals surface area contributed by atoms with E-state index in [9.17, 15) is 9.90 Å². The normalized spacial score (nSPS) is 13.6. The molecule has 1 aliphatic rings. The zero-order valence-electron chi connectivity index (χ0n) is 12.1. The van der Waals surface area contributed by atoms with Crippen molar-refractivity contribution in [2.45, 2.75) is 32.6 Å². The van der Waals surface area contributed by atoms with E-state index in [-0.39, 0.29) is 11.7 Å². The molecular weight excluding hydrogens is 262 g/mol. The first-order chi connectivity index (χ1) is 10.1. The summed E-state index contributed by atoms with van der Waals surface area (Å²) in [6.07, 6.45) is 4.46. The summed E-state index contributed by atoms with van der Waals surface area (Å²) in [5, 5.41) is 12.8. The Balaban J connectivity index is 1.90. The van der Waals surface area contributed by atoms with Gasteiger partial charge in [-0.2, -0.15) is 0 Å². The van der Waals surface area contributed by atoms with Gasteiger partial charge in [0.2, 0.25) is 0 Å². The second-order valence-electron chi connectivity index (χ2n) is 5.63.